The van der Waals surface area contributed by atoms with E-state index in [1.165, 1.54) is 18.2 Å². The number of rotatable bonds is 0. The van der Waals surface area contributed by atoms with Crippen molar-refractivity contribution in [3.63, 3.8) is 0 Å². The lowest BCUT2D eigenvalue weighted by atomic mass is 10.4. The van der Waals surface area contributed by atoms with E-state index in [0.29, 0.717) is 0 Å². The molecule has 10 heavy (non-hydrogen) atoms. The van der Waals surface area contributed by atoms with E-state index in [9.17, 15) is 13.2 Å². The Morgan fingerprint density at radius 1 is 1.40 bits per heavy atom. The van der Waals surface area contributed by atoms with Gasteiger partial charge in [-0.25, -0.2) is 0 Å². The summed E-state index contributed by atoms with van der Waals surface area (Å²) in [4.78, 5) is 0.188. The minimum atomic E-state index is -4.29. The molecule has 0 fully saturated rings. The lowest BCUT2D eigenvalue weighted by molar-refractivity contribution is -0.227. The van der Waals surface area contributed by atoms with Crippen molar-refractivity contribution in [2.45, 2.75) is 6.30 Å². The molecular weight excluding hydrogens is 143 g/mol. The van der Waals surface area contributed by atoms with Gasteiger partial charge in [-0.3, -0.25) is 4.90 Å². The largest absolute Gasteiger partial charge is 0.485 e. The first-order chi connectivity index (χ1) is 4.61. The van der Waals surface area contributed by atoms with Crippen LogP contribution in [-0.2, 0) is 0 Å². The van der Waals surface area contributed by atoms with Crippen molar-refractivity contribution in [3.8, 4) is 0 Å². The summed E-state index contributed by atoms with van der Waals surface area (Å²) in [5.74, 6) is 0. The molecule has 0 atom stereocenters. The number of hydrogen-bond acceptors (Lipinski definition) is 1. The van der Waals surface area contributed by atoms with Crippen LogP contribution in [-0.4, -0.2) is 17.7 Å². The van der Waals surface area contributed by atoms with Crippen molar-refractivity contribution >= 4 is 0 Å². The Labute approximate surface area is 56.4 Å². The Bertz CT molecular complexity index is 168. The first-order valence-electron chi connectivity index (χ1n) is 2.69. The average Bonchev–Trinajstić information content (AvgIpc) is 1.88. The Kier molecular flexibility index (Phi) is 1.70. The number of hydrogen-bond donors (Lipinski definition) is 0. The second-order valence-electron chi connectivity index (χ2n) is 1.80. The van der Waals surface area contributed by atoms with Crippen LogP contribution in [0.5, 0.6) is 0 Å². The van der Waals surface area contributed by atoms with Crippen LogP contribution in [0.2, 0.25) is 0 Å². The molecule has 1 aliphatic rings. The molecule has 1 radical (unpaired) electrons. The standard InChI is InChI=1S/C6H5F3N/c7-6(8,9)10-4-2-1-3-5-10/h1-3H,4H2. The monoisotopic (exact) mass is 148 g/mol. The van der Waals surface area contributed by atoms with Crippen LogP contribution < -0.4 is 0 Å². The normalized spacial score (nSPS) is 18.1. The van der Waals surface area contributed by atoms with Gasteiger partial charge < -0.3 is 0 Å². The van der Waals surface area contributed by atoms with Crippen molar-refractivity contribution in [3.05, 3.63) is 24.4 Å². The van der Waals surface area contributed by atoms with Gasteiger partial charge in [0.05, 0.1) is 6.20 Å². The second kappa shape index (κ2) is 2.36. The molecule has 0 spiro atoms. The number of halogens is 3. The Morgan fingerprint density at radius 2 is 2.10 bits per heavy atom. The molecule has 0 aliphatic carbocycles. The van der Waals surface area contributed by atoms with Crippen LogP contribution in [0.15, 0.2) is 18.2 Å². The zero-order valence-electron chi connectivity index (χ0n) is 5.02. The molecule has 1 aliphatic heterocycles. The number of alkyl halides is 3. The predicted octanol–water partition coefficient (Wildman–Crippen LogP) is 1.69. The first kappa shape index (κ1) is 7.18. The van der Waals surface area contributed by atoms with Gasteiger partial charge in [0.15, 0.2) is 0 Å². The summed E-state index contributed by atoms with van der Waals surface area (Å²) in [5.41, 5.74) is 0. The minimum absolute atomic E-state index is 0.139. The maximum absolute atomic E-state index is 11.8. The number of allylic oxidation sites excluding steroid dienone is 2. The highest BCUT2D eigenvalue weighted by Crippen LogP contribution is 2.21. The van der Waals surface area contributed by atoms with Gasteiger partial charge in [-0.2, -0.15) is 13.2 Å². The van der Waals surface area contributed by atoms with Crippen molar-refractivity contribution in [2.75, 3.05) is 6.54 Å². The van der Waals surface area contributed by atoms with Crippen LogP contribution in [0.1, 0.15) is 0 Å². The molecule has 0 amide bonds. The molecule has 0 saturated heterocycles. The van der Waals surface area contributed by atoms with E-state index in [2.05, 4.69) is 6.20 Å². The van der Waals surface area contributed by atoms with E-state index in [1.54, 1.807) is 0 Å². The van der Waals surface area contributed by atoms with E-state index in [1.807, 2.05) is 0 Å². The molecule has 0 bridgehead atoms. The highest BCUT2D eigenvalue weighted by molar-refractivity contribution is 5.05. The Balaban J connectivity index is 2.60. The third-order valence-electron chi connectivity index (χ3n) is 1.06. The molecule has 0 saturated carbocycles. The summed E-state index contributed by atoms with van der Waals surface area (Å²) >= 11 is 0. The van der Waals surface area contributed by atoms with Crippen LogP contribution in [0, 0.1) is 6.20 Å². The molecule has 1 rings (SSSR count). The van der Waals surface area contributed by atoms with Gasteiger partial charge in [0.2, 0.25) is 0 Å². The molecule has 0 N–H and O–H groups in total. The topological polar surface area (TPSA) is 3.24 Å². The van der Waals surface area contributed by atoms with Crippen molar-refractivity contribution in [1.82, 2.24) is 4.90 Å². The van der Waals surface area contributed by atoms with Gasteiger partial charge in [-0.15, -0.1) is 0 Å². The fourth-order valence-electron chi connectivity index (χ4n) is 0.597. The second-order valence-corrected chi connectivity index (χ2v) is 1.80. The smallest absolute Gasteiger partial charge is 0.278 e. The van der Waals surface area contributed by atoms with E-state index >= 15 is 0 Å². The molecule has 4 heteroatoms. The predicted molar refractivity (Wildman–Crippen MR) is 29.7 cm³/mol. The van der Waals surface area contributed by atoms with Gasteiger partial charge in [0.1, 0.15) is 0 Å². The summed E-state index contributed by atoms with van der Waals surface area (Å²) in [6.45, 7) is -0.139. The molecule has 1 nitrogen and oxygen atoms in total. The molecule has 0 aromatic carbocycles. The quantitative estimate of drug-likeness (QED) is 0.472. The van der Waals surface area contributed by atoms with Gasteiger partial charge in [0.25, 0.3) is 0 Å². The van der Waals surface area contributed by atoms with Crippen molar-refractivity contribution < 1.29 is 13.2 Å². The lowest BCUT2D eigenvalue weighted by Crippen LogP contribution is -2.34. The summed E-state index contributed by atoms with van der Waals surface area (Å²) in [6.07, 6.45) is 1.95. The third kappa shape index (κ3) is 1.52. The van der Waals surface area contributed by atoms with Gasteiger partial charge in [-0.05, 0) is 6.08 Å². The van der Waals surface area contributed by atoms with Gasteiger partial charge in [0, 0.05) is 6.54 Å². The number of nitrogens with zero attached hydrogens (tertiary/aromatic N) is 1. The van der Waals surface area contributed by atoms with E-state index in [0.717, 1.165) is 0 Å². The summed E-state index contributed by atoms with van der Waals surface area (Å²) in [6, 6.07) is 0. The van der Waals surface area contributed by atoms with E-state index < -0.39 is 6.30 Å². The summed E-state index contributed by atoms with van der Waals surface area (Å²) in [5, 5.41) is 0. The SMILES string of the molecule is FC(F)(F)N1[C]=CC=CC1. The van der Waals surface area contributed by atoms with Gasteiger partial charge >= 0.3 is 6.30 Å². The van der Waals surface area contributed by atoms with Crippen LogP contribution in [0.3, 0.4) is 0 Å². The average molecular weight is 148 g/mol. The molecule has 55 valence electrons. The fraction of sp³-hybridized carbons (Fsp3) is 0.333. The van der Waals surface area contributed by atoms with Crippen molar-refractivity contribution in [2.24, 2.45) is 0 Å². The lowest BCUT2D eigenvalue weighted by Gasteiger charge is -2.21. The van der Waals surface area contributed by atoms with Crippen LogP contribution >= 0.6 is 0 Å². The molecule has 1 heterocycles. The van der Waals surface area contributed by atoms with Crippen molar-refractivity contribution in [1.29, 1.82) is 0 Å². The summed E-state index contributed by atoms with van der Waals surface area (Å²) in [7, 11) is 0. The molecule has 0 aromatic rings. The maximum atomic E-state index is 11.8. The highest BCUT2D eigenvalue weighted by atomic mass is 19.4. The Hall–Kier alpha value is -0.930. The molecule has 0 unspecified atom stereocenters. The van der Waals surface area contributed by atoms with E-state index in [4.69, 9.17) is 0 Å². The Morgan fingerprint density at radius 3 is 2.40 bits per heavy atom. The fourth-order valence-corrected chi connectivity index (χ4v) is 0.597. The highest BCUT2D eigenvalue weighted by Gasteiger charge is 2.34. The summed E-state index contributed by atoms with van der Waals surface area (Å²) < 4.78 is 35.3. The molecule has 0 aromatic heterocycles. The van der Waals surface area contributed by atoms with Crippen LogP contribution in [0.25, 0.3) is 0 Å². The first-order valence-corrected chi connectivity index (χ1v) is 2.69. The van der Waals surface area contributed by atoms with Crippen LogP contribution in [0.4, 0.5) is 13.2 Å². The molecular formula is C6H5F3N. The third-order valence-corrected chi connectivity index (χ3v) is 1.06. The zero-order valence-corrected chi connectivity index (χ0v) is 5.02. The van der Waals surface area contributed by atoms with Gasteiger partial charge in [-0.1, -0.05) is 12.2 Å². The zero-order chi connectivity index (χ0) is 7.61. The minimum Gasteiger partial charge on any atom is -0.278 e. The van der Waals surface area contributed by atoms with E-state index in [-0.39, 0.29) is 11.4 Å². The maximum Gasteiger partial charge on any atom is 0.485 e.